The number of nitriles is 2. The lowest BCUT2D eigenvalue weighted by Crippen LogP contribution is -2.26. The molecule has 0 aliphatic heterocycles. The molecule has 2 unspecified atom stereocenters. The van der Waals surface area contributed by atoms with Gasteiger partial charge in [-0.15, -0.1) is 0 Å². The van der Waals surface area contributed by atoms with Crippen LogP contribution >= 0.6 is 0 Å². The lowest BCUT2D eigenvalue weighted by atomic mass is 9.70. The number of para-hydroxylation sites is 2. The van der Waals surface area contributed by atoms with Crippen molar-refractivity contribution in [1.29, 1.82) is 10.5 Å². The van der Waals surface area contributed by atoms with Gasteiger partial charge < -0.3 is 9.13 Å². The van der Waals surface area contributed by atoms with Gasteiger partial charge >= 0.3 is 0 Å². The number of nitrogens with zero attached hydrogens (tertiary/aromatic N) is 4. The largest absolute Gasteiger partial charge is 0.309 e. The Kier molecular flexibility index (Phi) is 8.06. The molecule has 1 spiro atoms. The molecule has 2 aromatic heterocycles. The summed E-state index contributed by atoms with van der Waals surface area (Å²) in [5.41, 5.74) is 18.9. The third kappa shape index (κ3) is 5.01. The van der Waals surface area contributed by atoms with Crippen LogP contribution in [0.15, 0.2) is 158 Å². The van der Waals surface area contributed by atoms with Gasteiger partial charge in [-0.2, -0.15) is 10.5 Å². The van der Waals surface area contributed by atoms with Crippen molar-refractivity contribution < 1.29 is 0 Å². The normalized spacial score (nSPS) is 14.1. The van der Waals surface area contributed by atoms with Crippen molar-refractivity contribution in [3.8, 4) is 45.8 Å². The number of hydrogen-bond donors (Lipinski definition) is 0. The van der Waals surface area contributed by atoms with Gasteiger partial charge in [0, 0.05) is 32.9 Å². The first-order chi connectivity index (χ1) is 30.9. The molecule has 2 aliphatic carbocycles. The minimum Gasteiger partial charge on any atom is -0.309 e. The van der Waals surface area contributed by atoms with Gasteiger partial charge in [-0.3, -0.25) is 0 Å². The molecule has 63 heavy (non-hydrogen) atoms. The van der Waals surface area contributed by atoms with Crippen LogP contribution in [0.25, 0.3) is 77.2 Å². The van der Waals surface area contributed by atoms with Gasteiger partial charge in [0.1, 0.15) is 0 Å². The summed E-state index contributed by atoms with van der Waals surface area (Å²) in [6.07, 6.45) is 2.17. The molecule has 0 radical (unpaired) electrons. The highest BCUT2D eigenvalue weighted by Crippen LogP contribution is 2.63. The second-order valence-electron chi connectivity index (χ2n) is 17.8. The second kappa shape index (κ2) is 13.7. The van der Waals surface area contributed by atoms with Crippen molar-refractivity contribution in [1.82, 2.24) is 9.13 Å². The molecular formula is C59H44N4. The van der Waals surface area contributed by atoms with Crippen molar-refractivity contribution in [2.45, 2.75) is 57.8 Å². The molecule has 4 heteroatoms. The highest BCUT2D eigenvalue weighted by molar-refractivity contribution is 6.11. The molecule has 2 aliphatic rings. The molecule has 12 rings (SSSR count). The first kappa shape index (κ1) is 37.1. The average molecular weight is 809 g/mol. The SMILES string of the molecule is CCC(C)c1ccc2c(c1)c1ccccc1n2-c1ccc2c(c1)C1(c3cc(C#N)ccc3-c3ccc(C#N)cc31)c1cc(-n3c4ccccc4c4cc(C(C)CC)ccc43)ccc1-2. The van der Waals surface area contributed by atoms with E-state index in [9.17, 15) is 10.5 Å². The van der Waals surface area contributed by atoms with E-state index in [1.165, 1.54) is 43.7 Å². The molecule has 0 N–H and O–H groups in total. The monoisotopic (exact) mass is 808 g/mol. The molecular weight excluding hydrogens is 765 g/mol. The second-order valence-corrected chi connectivity index (χ2v) is 17.8. The fourth-order valence-corrected chi connectivity index (χ4v) is 11.2. The van der Waals surface area contributed by atoms with Crippen LogP contribution in [0.1, 0.15) is 96.9 Å². The van der Waals surface area contributed by atoms with E-state index >= 15 is 0 Å². The van der Waals surface area contributed by atoms with Crippen LogP contribution in [0, 0.1) is 22.7 Å². The van der Waals surface area contributed by atoms with Gasteiger partial charge in [-0.1, -0.05) is 100 Å². The highest BCUT2D eigenvalue weighted by Gasteiger charge is 2.52. The van der Waals surface area contributed by atoms with E-state index in [1.54, 1.807) is 0 Å². The van der Waals surface area contributed by atoms with E-state index < -0.39 is 5.41 Å². The Morgan fingerprint density at radius 1 is 0.429 bits per heavy atom. The van der Waals surface area contributed by atoms with Gasteiger partial charge in [-0.05, 0) is 165 Å². The Labute approximate surface area is 367 Å². The minimum atomic E-state index is -0.813. The number of rotatable bonds is 6. The Morgan fingerprint density at radius 2 is 0.810 bits per heavy atom. The van der Waals surface area contributed by atoms with E-state index in [-0.39, 0.29) is 0 Å². The summed E-state index contributed by atoms with van der Waals surface area (Å²) in [4.78, 5) is 0. The predicted octanol–water partition coefficient (Wildman–Crippen LogP) is 15.0. The third-order valence-electron chi connectivity index (χ3n) is 14.8. The summed E-state index contributed by atoms with van der Waals surface area (Å²) in [5.74, 6) is 0.923. The van der Waals surface area contributed by atoms with Crippen molar-refractivity contribution in [2.24, 2.45) is 0 Å². The quantitative estimate of drug-likeness (QED) is 0.168. The first-order valence-corrected chi connectivity index (χ1v) is 22.3. The maximum Gasteiger partial charge on any atom is 0.0991 e. The zero-order valence-corrected chi connectivity index (χ0v) is 35.9. The summed E-state index contributed by atoms with van der Waals surface area (Å²) in [5, 5.41) is 25.9. The van der Waals surface area contributed by atoms with Gasteiger partial charge in [-0.25, -0.2) is 0 Å². The van der Waals surface area contributed by atoms with E-state index in [1.807, 2.05) is 12.1 Å². The Balaban J connectivity index is 1.17. The molecule has 0 saturated heterocycles. The van der Waals surface area contributed by atoms with Crippen LogP contribution in [0.3, 0.4) is 0 Å². The summed E-state index contributed by atoms with van der Waals surface area (Å²) >= 11 is 0. The molecule has 2 atom stereocenters. The Hall–Kier alpha value is -7.66. The zero-order valence-electron chi connectivity index (χ0n) is 35.9. The molecule has 4 nitrogen and oxygen atoms in total. The van der Waals surface area contributed by atoms with Crippen molar-refractivity contribution in [3.63, 3.8) is 0 Å². The Bertz CT molecular complexity index is 3430. The number of benzene rings is 8. The topological polar surface area (TPSA) is 57.4 Å². The van der Waals surface area contributed by atoms with E-state index in [2.05, 4.69) is 195 Å². The van der Waals surface area contributed by atoms with Gasteiger partial charge in [0.2, 0.25) is 0 Å². The average Bonchev–Trinajstić information content (AvgIpc) is 4.03. The molecule has 0 saturated carbocycles. The molecule has 10 aromatic rings. The van der Waals surface area contributed by atoms with Crippen LogP contribution in [0.5, 0.6) is 0 Å². The maximum atomic E-state index is 10.5. The van der Waals surface area contributed by atoms with E-state index in [0.717, 1.165) is 79.8 Å². The standard InChI is InChI=1S/C59H44N4/c1-5-35(3)39-17-25-57-49(29-39)47-11-7-9-13-55(47)62(57)41-19-23-45-46-24-20-42(63-56-14-10-8-12-48(56)50-30-40(36(4)6-2)18-26-58(50)63)32-54(46)59(53(45)31-41)51-27-37(33-60)15-21-43(51)44-22-16-38(34-61)28-52(44)59/h7-32,35-36H,5-6H2,1-4H3. The summed E-state index contributed by atoms with van der Waals surface area (Å²) < 4.78 is 4.85. The van der Waals surface area contributed by atoms with Crippen LogP contribution in [0.4, 0.5) is 0 Å². The molecule has 0 amide bonds. The van der Waals surface area contributed by atoms with Crippen molar-refractivity contribution in [2.75, 3.05) is 0 Å². The minimum absolute atomic E-state index is 0.462. The summed E-state index contributed by atoms with van der Waals surface area (Å²) in [7, 11) is 0. The maximum absolute atomic E-state index is 10.5. The van der Waals surface area contributed by atoms with Crippen LogP contribution in [-0.2, 0) is 5.41 Å². The summed E-state index contributed by atoms with van der Waals surface area (Å²) in [6.45, 7) is 9.12. The zero-order chi connectivity index (χ0) is 42.7. The van der Waals surface area contributed by atoms with E-state index in [0.29, 0.717) is 23.0 Å². The number of aromatic nitrogens is 2. The van der Waals surface area contributed by atoms with Crippen molar-refractivity contribution in [3.05, 3.63) is 202 Å². The molecule has 8 aromatic carbocycles. The predicted molar refractivity (Wildman–Crippen MR) is 258 cm³/mol. The molecule has 300 valence electrons. The van der Waals surface area contributed by atoms with Gasteiger partial charge in [0.25, 0.3) is 0 Å². The highest BCUT2D eigenvalue weighted by atomic mass is 15.0. The van der Waals surface area contributed by atoms with Crippen LogP contribution in [0.2, 0.25) is 0 Å². The fourth-order valence-electron chi connectivity index (χ4n) is 11.2. The van der Waals surface area contributed by atoms with E-state index in [4.69, 9.17) is 0 Å². The lowest BCUT2D eigenvalue weighted by Gasteiger charge is -2.31. The summed E-state index contributed by atoms with van der Waals surface area (Å²) in [6, 6.07) is 62.7. The third-order valence-corrected chi connectivity index (χ3v) is 14.8. The number of fused-ring (bicyclic) bond motifs is 16. The molecule has 0 fully saturated rings. The smallest absolute Gasteiger partial charge is 0.0991 e. The van der Waals surface area contributed by atoms with Crippen LogP contribution in [-0.4, -0.2) is 9.13 Å². The number of hydrogen-bond acceptors (Lipinski definition) is 2. The van der Waals surface area contributed by atoms with Gasteiger partial charge in [0.05, 0.1) is 50.7 Å². The first-order valence-electron chi connectivity index (χ1n) is 22.3. The van der Waals surface area contributed by atoms with Crippen LogP contribution < -0.4 is 0 Å². The molecule has 0 bridgehead atoms. The lowest BCUT2D eigenvalue weighted by molar-refractivity contribution is 0.735. The Morgan fingerprint density at radius 3 is 1.22 bits per heavy atom. The van der Waals surface area contributed by atoms with Crippen molar-refractivity contribution >= 4 is 43.6 Å². The van der Waals surface area contributed by atoms with Gasteiger partial charge in [0.15, 0.2) is 0 Å². The molecule has 2 heterocycles. The fraction of sp³-hybridized carbons (Fsp3) is 0.153.